The highest BCUT2D eigenvalue weighted by atomic mass is 32.1. The van der Waals surface area contributed by atoms with Crippen LogP contribution < -0.4 is 5.32 Å². The minimum absolute atomic E-state index is 0.00529. The van der Waals surface area contributed by atoms with Crippen molar-refractivity contribution >= 4 is 28.2 Å². The summed E-state index contributed by atoms with van der Waals surface area (Å²) < 4.78 is 27.5. The summed E-state index contributed by atoms with van der Waals surface area (Å²) in [6, 6.07) is 3.32. The average molecular weight is 350 g/mol. The summed E-state index contributed by atoms with van der Waals surface area (Å²) in [6.45, 7) is 4.52. The summed E-state index contributed by atoms with van der Waals surface area (Å²) >= 11 is 1.35. The molecule has 4 nitrogen and oxygen atoms in total. The molecule has 0 radical (unpaired) electrons. The van der Waals surface area contributed by atoms with Crippen molar-refractivity contribution in [2.75, 3.05) is 11.9 Å². The van der Waals surface area contributed by atoms with Crippen molar-refractivity contribution in [3.63, 3.8) is 0 Å². The highest BCUT2D eigenvalue weighted by Crippen LogP contribution is 2.36. The summed E-state index contributed by atoms with van der Waals surface area (Å²) in [4.78, 5) is 26.5. The van der Waals surface area contributed by atoms with Crippen molar-refractivity contribution in [3.05, 3.63) is 51.4 Å². The molecule has 1 aromatic carbocycles. The Hall–Kier alpha value is -2.28. The van der Waals surface area contributed by atoms with E-state index in [0.29, 0.717) is 24.5 Å². The van der Waals surface area contributed by atoms with E-state index < -0.39 is 23.1 Å². The van der Waals surface area contributed by atoms with Crippen molar-refractivity contribution in [2.24, 2.45) is 0 Å². The zero-order valence-electron chi connectivity index (χ0n) is 13.3. The fraction of sp³-hybridized carbons (Fsp3) is 0.294. The Balaban J connectivity index is 1.87. The highest BCUT2D eigenvalue weighted by Gasteiger charge is 2.25. The summed E-state index contributed by atoms with van der Waals surface area (Å²) in [6.07, 6.45) is 0.710. The van der Waals surface area contributed by atoms with Gasteiger partial charge >= 0.3 is 0 Å². The minimum atomic E-state index is -0.894. The molecule has 24 heavy (non-hydrogen) atoms. The first-order chi connectivity index (χ1) is 11.4. The van der Waals surface area contributed by atoms with Gasteiger partial charge in [-0.2, -0.15) is 0 Å². The number of halogens is 2. The van der Waals surface area contributed by atoms with Crippen LogP contribution in [0, 0.1) is 18.6 Å². The second-order valence-electron chi connectivity index (χ2n) is 5.70. The van der Waals surface area contributed by atoms with E-state index in [2.05, 4.69) is 5.32 Å². The van der Waals surface area contributed by atoms with Crippen molar-refractivity contribution < 1.29 is 18.4 Å². The third-order valence-electron chi connectivity index (χ3n) is 4.18. The smallest absolute Gasteiger partial charge is 0.262 e. The molecule has 0 saturated heterocycles. The van der Waals surface area contributed by atoms with Crippen molar-refractivity contribution in [2.45, 2.75) is 26.8 Å². The Morgan fingerprint density at radius 1 is 1.25 bits per heavy atom. The predicted octanol–water partition coefficient (Wildman–Crippen LogP) is 3.49. The van der Waals surface area contributed by atoms with Gasteiger partial charge in [0.1, 0.15) is 17.2 Å². The van der Waals surface area contributed by atoms with Crippen LogP contribution >= 0.6 is 11.3 Å². The molecular weight excluding hydrogens is 334 g/mol. The van der Waals surface area contributed by atoms with Gasteiger partial charge in [0.25, 0.3) is 5.91 Å². The topological polar surface area (TPSA) is 49.4 Å². The molecule has 0 atom stereocenters. The SMILES string of the molecule is CC(=O)N1CCc2c(sc(NC(=O)c3c(F)cccc3F)c2C)C1. The lowest BCUT2D eigenvalue weighted by Gasteiger charge is -2.25. The summed E-state index contributed by atoms with van der Waals surface area (Å²) in [5.41, 5.74) is 1.40. The van der Waals surface area contributed by atoms with Crippen LogP contribution in [-0.2, 0) is 17.8 Å². The number of nitrogens with zero attached hydrogens (tertiary/aromatic N) is 1. The lowest BCUT2D eigenvalue weighted by atomic mass is 10.0. The Morgan fingerprint density at radius 3 is 2.54 bits per heavy atom. The first-order valence-corrected chi connectivity index (χ1v) is 8.32. The van der Waals surface area contributed by atoms with Gasteiger partial charge in [0.15, 0.2) is 0 Å². The molecule has 126 valence electrons. The van der Waals surface area contributed by atoms with Crippen LogP contribution in [0.3, 0.4) is 0 Å². The molecule has 2 heterocycles. The Kier molecular flexibility index (Phi) is 4.36. The maximum absolute atomic E-state index is 13.7. The lowest BCUT2D eigenvalue weighted by molar-refractivity contribution is -0.129. The molecular formula is C17H16F2N2O2S. The molecule has 1 aromatic heterocycles. The Labute approximate surface area is 142 Å². The van der Waals surface area contributed by atoms with E-state index in [9.17, 15) is 18.4 Å². The highest BCUT2D eigenvalue weighted by molar-refractivity contribution is 7.16. The maximum atomic E-state index is 13.7. The molecule has 0 aliphatic carbocycles. The van der Waals surface area contributed by atoms with Crippen LogP contribution in [0.2, 0.25) is 0 Å². The molecule has 0 saturated carbocycles. The maximum Gasteiger partial charge on any atom is 0.262 e. The first-order valence-electron chi connectivity index (χ1n) is 7.50. The van der Waals surface area contributed by atoms with Crippen LogP contribution in [0.15, 0.2) is 18.2 Å². The van der Waals surface area contributed by atoms with E-state index in [1.807, 2.05) is 6.92 Å². The number of rotatable bonds is 2. The van der Waals surface area contributed by atoms with Gasteiger partial charge in [-0.3, -0.25) is 9.59 Å². The van der Waals surface area contributed by atoms with Crippen LogP contribution in [0.4, 0.5) is 13.8 Å². The molecule has 0 spiro atoms. The van der Waals surface area contributed by atoms with Crippen molar-refractivity contribution in [3.8, 4) is 0 Å². The molecule has 3 rings (SSSR count). The number of thiophene rings is 1. The molecule has 2 aromatic rings. The van der Waals surface area contributed by atoms with Gasteiger partial charge in [-0.05, 0) is 36.6 Å². The van der Waals surface area contributed by atoms with E-state index in [4.69, 9.17) is 0 Å². The third-order valence-corrected chi connectivity index (χ3v) is 5.42. The van der Waals surface area contributed by atoms with Crippen LogP contribution in [0.5, 0.6) is 0 Å². The number of benzene rings is 1. The molecule has 1 aliphatic heterocycles. The molecule has 0 bridgehead atoms. The second kappa shape index (κ2) is 6.32. The second-order valence-corrected chi connectivity index (χ2v) is 6.80. The monoisotopic (exact) mass is 350 g/mol. The standard InChI is InChI=1S/C17H16F2N2O2S/c1-9-11-6-7-21(10(2)22)8-14(11)24-17(9)20-16(23)15-12(18)4-3-5-13(15)19/h3-5H,6-8H2,1-2H3,(H,20,23). The van der Waals surface area contributed by atoms with Crippen molar-refractivity contribution in [1.29, 1.82) is 0 Å². The van der Waals surface area contributed by atoms with Gasteiger partial charge in [-0.15, -0.1) is 11.3 Å². The fourth-order valence-electron chi connectivity index (χ4n) is 2.83. The van der Waals surface area contributed by atoms with E-state index in [1.165, 1.54) is 24.3 Å². The van der Waals surface area contributed by atoms with Gasteiger partial charge in [-0.1, -0.05) is 6.07 Å². The summed E-state index contributed by atoms with van der Waals surface area (Å²) in [7, 11) is 0. The van der Waals surface area contributed by atoms with Gasteiger partial charge in [-0.25, -0.2) is 8.78 Å². The number of carbonyl (C=O) groups excluding carboxylic acids is 2. The van der Waals surface area contributed by atoms with E-state index >= 15 is 0 Å². The molecule has 0 fully saturated rings. The quantitative estimate of drug-likeness (QED) is 0.901. The lowest BCUT2D eigenvalue weighted by Crippen LogP contribution is -2.33. The Bertz CT molecular complexity index is 812. The van der Waals surface area contributed by atoms with E-state index in [-0.39, 0.29) is 5.91 Å². The van der Waals surface area contributed by atoms with Crippen LogP contribution in [0.1, 0.15) is 33.3 Å². The summed E-state index contributed by atoms with van der Waals surface area (Å²) in [5.74, 6) is -2.59. The molecule has 1 N–H and O–H groups in total. The van der Waals surface area contributed by atoms with E-state index in [1.54, 1.807) is 4.90 Å². The number of nitrogens with one attached hydrogen (secondary N) is 1. The molecule has 7 heteroatoms. The Morgan fingerprint density at radius 2 is 1.92 bits per heavy atom. The van der Waals surface area contributed by atoms with Gasteiger partial charge in [0, 0.05) is 18.3 Å². The molecule has 0 unspecified atom stereocenters. The number of hydrogen-bond acceptors (Lipinski definition) is 3. The molecule has 2 amide bonds. The third kappa shape index (κ3) is 2.91. The normalized spacial score (nSPS) is 13.6. The number of anilines is 1. The predicted molar refractivity (Wildman–Crippen MR) is 88.2 cm³/mol. The van der Waals surface area contributed by atoms with Crippen LogP contribution in [-0.4, -0.2) is 23.3 Å². The van der Waals surface area contributed by atoms with Crippen molar-refractivity contribution in [1.82, 2.24) is 4.90 Å². The summed E-state index contributed by atoms with van der Waals surface area (Å²) in [5, 5.41) is 3.17. The van der Waals surface area contributed by atoms with E-state index in [0.717, 1.165) is 28.1 Å². The van der Waals surface area contributed by atoms with Gasteiger partial charge < -0.3 is 10.2 Å². The number of fused-ring (bicyclic) bond motifs is 1. The fourth-order valence-corrected chi connectivity index (χ4v) is 4.09. The zero-order valence-corrected chi connectivity index (χ0v) is 14.1. The number of carbonyl (C=O) groups is 2. The number of hydrogen-bond donors (Lipinski definition) is 1. The largest absolute Gasteiger partial charge is 0.337 e. The minimum Gasteiger partial charge on any atom is -0.337 e. The van der Waals surface area contributed by atoms with Crippen LogP contribution in [0.25, 0.3) is 0 Å². The van der Waals surface area contributed by atoms with Gasteiger partial charge in [0.05, 0.1) is 11.5 Å². The molecule has 1 aliphatic rings. The zero-order chi connectivity index (χ0) is 17.4. The number of amides is 2. The van der Waals surface area contributed by atoms with Gasteiger partial charge in [0.2, 0.25) is 5.91 Å². The first kappa shape index (κ1) is 16.6. The average Bonchev–Trinajstić information content (AvgIpc) is 2.82.